The van der Waals surface area contributed by atoms with Gasteiger partial charge in [-0.2, -0.15) is 13.2 Å². The number of benzene rings is 2. The first-order valence-corrected chi connectivity index (χ1v) is 11.1. The van der Waals surface area contributed by atoms with Crippen LogP contribution in [0.1, 0.15) is 11.3 Å². The summed E-state index contributed by atoms with van der Waals surface area (Å²) in [4.78, 5) is 8.09. The summed E-state index contributed by atoms with van der Waals surface area (Å²) in [6.45, 7) is 0. The van der Waals surface area contributed by atoms with Gasteiger partial charge in [0.1, 0.15) is 22.3 Å². The van der Waals surface area contributed by atoms with Crippen LogP contribution < -0.4 is 0 Å². The number of halogens is 4. The smallest absolute Gasteiger partial charge is 0.283 e. The van der Waals surface area contributed by atoms with Crippen molar-refractivity contribution >= 4 is 22.3 Å². The van der Waals surface area contributed by atoms with Gasteiger partial charge in [0.2, 0.25) is 0 Å². The van der Waals surface area contributed by atoms with E-state index in [1.807, 2.05) is 0 Å². The highest BCUT2D eigenvalue weighted by molar-refractivity contribution is 7.71. The van der Waals surface area contributed by atoms with Gasteiger partial charge >= 0.3 is 6.18 Å². The molecule has 0 atom stereocenters. The number of nitrogens with zero attached hydrogens (tertiary/aromatic N) is 3. The van der Waals surface area contributed by atoms with Crippen molar-refractivity contribution in [3.63, 3.8) is 0 Å². The molecule has 0 unspecified atom stereocenters. The molecule has 0 saturated carbocycles. The second kappa shape index (κ2) is 8.76. The topological polar surface area (TPSA) is 64.8 Å². The van der Waals surface area contributed by atoms with E-state index in [0.29, 0.717) is 16.7 Å². The Balaban J connectivity index is 1.76. The largest absolute Gasteiger partial charge is 0.434 e. The molecule has 0 amide bonds. The molecule has 0 saturated heterocycles. The first-order valence-electron chi connectivity index (χ1n) is 9.31. The number of rotatable bonds is 5. The zero-order valence-corrected chi connectivity index (χ0v) is 17.9. The molecule has 4 rings (SSSR count). The molecule has 2 heterocycles. The molecule has 164 valence electrons. The van der Waals surface area contributed by atoms with Gasteiger partial charge < -0.3 is 0 Å². The van der Waals surface area contributed by atoms with Gasteiger partial charge in [-0.3, -0.25) is 4.57 Å². The first-order chi connectivity index (χ1) is 15.2. The zero-order chi connectivity index (χ0) is 22.9. The molecule has 2 aromatic heterocycles. The Hall–Kier alpha value is -3.17. The molecule has 0 aliphatic carbocycles. The van der Waals surface area contributed by atoms with Gasteiger partial charge in [0, 0.05) is 23.5 Å². The SMILES string of the molecule is O=[SH](=O)Cc1cccc(-c2ccc(-n3cc(C(F)(F)F)nc3-c3ccccc3Cl)nc2)c1. The molecule has 5 nitrogen and oxygen atoms in total. The maximum absolute atomic E-state index is 13.4. The van der Waals surface area contributed by atoms with Gasteiger partial charge in [-0.05, 0) is 35.4 Å². The van der Waals surface area contributed by atoms with E-state index in [9.17, 15) is 21.6 Å². The van der Waals surface area contributed by atoms with Crippen LogP contribution in [0.3, 0.4) is 0 Å². The third-order valence-corrected chi connectivity index (χ3v) is 5.63. The van der Waals surface area contributed by atoms with Crippen LogP contribution in [0.4, 0.5) is 13.2 Å². The third-order valence-electron chi connectivity index (χ3n) is 4.68. The fourth-order valence-electron chi connectivity index (χ4n) is 3.22. The molecule has 0 aliphatic rings. The maximum Gasteiger partial charge on any atom is 0.434 e. The van der Waals surface area contributed by atoms with Crippen LogP contribution in [0.15, 0.2) is 73.1 Å². The second-order valence-electron chi connectivity index (χ2n) is 6.89. The van der Waals surface area contributed by atoms with Crippen molar-refractivity contribution in [2.45, 2.75) is 11.9 Å². The van der Waals surface area contributed by atoms with E-state index in [-0.39, 0.29) is 22.4 Å². The van der Waals surface area contributed by atoms with Gasteiger partial charge in [0.05, 0.1) is 10.8 Å². The van der Waals surface area contributed by atoms with Crippen LogP contribution in [0, 0.1) is 0 Å². The molecular weight excluding hydrogens is 463 g/mol. The quantitative estimate of drug-likeness (QED) is 0.392. The van der Waals surface area contributed by atoms with Crippen LogP contribution in [0.2, 0.25) is 5.02 Å². The molecule has 2 aromatic carbocycles. The van der Waals surface area contributed by atoms with Crippen LogP contribution >= 0.6 is 11.6 Å². The Labute approximate surface area is 188 Å². The molecule has 0 N–H and O–H groups in total. The lowest BCUT2D eigenvalue weighted by Gasteiger charge is -2.09. The summed E-state index contributed by atoms with van der Waals surface area (Å²) < 4.78 is 63.3. The van der Waals surface area contributed by atoms with E-state index in [4.69, 9.17) is 11.6 Å². The lowest BCUT2D eigenvalue weighted by atomic mass is 10.1. The third kappa shape index (κ3) is 4.68. The van der Waals surface area contributed by atoms with Gasteiger partial charge in [0.15, 0.2) is 5.69 Å². The van der Waals surface area contributed by atoms with Gasteiger partial charge in [-0.1, -0.05) is 48.0 Å². The maximum atomic E-state index is 13.4. The van der Waals surface area contributed by atoms with Gasteiger partial charge in [-0.25, -0.2) is 18.4 Å². The minimum atomic E-state index is -4.63. The highest BCUT2D eigenvalue weighted by Crippen LogP contribution is 2.34. The zero-order valence-electron chi connectivity index (χ0n) is 16.3. The number of alkyl halides is 3. The summed E-state index contributed by atoms with van der Waals surface area (Å²) in [5, 5.41) is 0.262. The fraction of sp³-hybridized carbons (Fsp3) is 0.0909. The Bertz CT molecular complexity index is 1340. The molecule has 0 bridgehead atoms. The first kappa shape index (κ1) is 22.0. The molecular formula is C22H15ClF3N3O2S. The van der Waals surface area contributed by atoms with Crippen molar-refractivity contribution in [2.75, 3.05) is 0 Å². The van der Waals surface area contributed by atoms with Crippen molar-refractivity contribution in [3.05, 3.63) is 89.3 Å². The molecule has 0 spiro atoms. The summed E-state index contributed by atoms with van der Waals surface area (Å²) in [6.07, 6.45) is -2.24. The standard InChI is InChI=1S/C22H15ClF3N3O2S/c23-18-7-2-1-6-17(18)21-28-19(22(24,25)26)12-29(21)20-9-8-16(11-27-20)15-5-3-4-14(10-15)13-32(30)31/h1-12,32H,13H2. The molecule has 0 aliphatic heterocycles. The Kier molecular flexibility index (Phi) is 6.03. The Morgan fingerprint density at radius 2 is 1.75 bits per heavy atom. The summed E-state index contributed by atoms with van der Waals surface area (Å²) in [7, 11) is -2.56. The highest BCUT2D eigenvalue weighted by atomic mass is 35.5. The van der Waals surface area contributed by atoms with Crippen molar-refractivity contribution in [1.82, 2.24) is 14.5 Å². The van der Waals surface area contributed by atoms with Crippen molar-refractivity contribution in [3.8, 4) is 28.3 Å². The summed E-state index contributed by atoms with van der Waals surface area (Å²) >= 11 is 6.20. The van der Waals surface area contributed by atoms with Crippen molar-refractivity contribution in [1.29, 1.82) is 0 Å². The number of aromatic nitrogens is 3. The van der Waals surface area contributed by atoms with E-state index in [1.165, 1.54) is 10.8 Å². The fourth-order valence-corrected chi connectivity index (χ4v) is 3.94. The number of thiol groups is 1. The van der Waals surface area contributed by atoms with Gasteiger partial charge in [0.25, 0.3) is 0 Å². The molecule has 10 heteroatoms. The predicted molar refractivity (Wildman–Crippen MR) is 116 cm³/mol. The van der Waals surface area contributed by atoms with Gasteiger partial charge in [-0.15, -0.1) is 0 Å². The molecule has 4 aromatic rings. The van der Waals surface area contributed by atoms with Crippen molar-refractivity contribution < 1.29 is 21.6 Å². The lowest BCUT2D eigenvalue weighted by Crippen LogP contribution is -2.05. The second-order valence-corrected chi connectivity index (χ2v) is 8.28. The van der Waals surface area contributed by atoms with Crippen LogP contribution in [-0.2, 0) is 22.6 Å². The van der Waals surface area contributed by atoms with E-state index in [0.717, 1.165) is 11.8 Å². The Morgan fingerprint density at radius 3 is 2.41 bits per heavy atom. The van der Waals surface area contributed by atoms with Crippen LogP contribution in [0.25, 0.3) is 28.3 Å². The average Bonchev–Trinajstić information content (AvgIpc) is 3.20. The normalized spacial score (nSPS) is 11.8. The highest BCUT2D eigenvalue weighted by Gasteiger charge is 2.35. The van der Waals surface area contributed by atoms with Crippen LogP contribution in [-0.4, -0.2) is 23.0 Å². The van der Waals surface area contributed by atoms with Crippen LogP contribution in [0.5, 0.6) is 0 Å². The number of imidazole rings is 1. The molecule has 32 heavy (non-hydrogen) atoms. The number of hydrogen-bond donors (Lipinski definition) is 1. The van der Waals surface area contributed by atoms with E-state index >= 15 is 0 Å². The van der Waals surface area contributed by atoms with E-state index < -0.39 is 22.6 Å². The van der Waals surface area contributed by atoms with E-state index in [2.05, 4.69) is 9.97 Å². The summed E-state index contributed by atoms with van der Waals surface area (Å²) in [6, 6.07) is 16.7. The summed E-state index contributed by atoms with van der Waals surface area (Å²) in [5.41, 5.74) is 1.35. The monoisotopic (exact) mass is 477 g/mol. The predicted octanol–water partition coefficient (Wildman–Crippen LogP) is 5.38. The lowest BCUT2D eigenvalue weighted by molar-refractivity contribution is -0.140. The molecule has 0 radical (unpaired) electrons. The van der Waals surface area contributed by atoms with E-state index in [1.54, 1.807) is 60.7 Å². The minimum Gasteiger partial charge on any atom is -0.283 e. The number of pyridine rings is 1. The Morgan fingerprint density at radius 1 is 0.969 bits per heavy atom. The summed E-state index contributed by atoms with van der Waals surface area (Å²) in [5.74, 6) is 0.167. The number of hydrogen-bond acceptors (Lipinski definition) is 4. The average molecular weight is 478 g/mol. The minimum absolute atomic E-state index is 0.0180. The van der Waals surface area contributed by atoms with Crippen molar-refractivity contribution in [2.24, 2.45) is 0 Å². The molecule has 0 fully saturated rings.